The number of anilines is 4. The van der Waals surface area contributed by atoms with Gasteiger partial charge >= 0.3 is 11.6 Å². The van der Waals surface area contributed by atoms with Crippen molar-refractivity contribution in [3.05, 3.63) is 76.8 Å². The second-order valence-corrected chi connectivity index (χ2v) is 8.17. The molecule has 14 heteroatoms. The number of para-hydroxylation sites is 2. The first-order chi connectivity index (χ1) is 17.9. The molecule has 1 aliphatic heterocycles. The Hall–Kier alpha value is -4.40. The van der Waals surface area contributed by atoms with Crippen molar-refractivity contribution in [2.24, 2.45) is 0 Å². The molecule has 2 heterocycles. The van der Waals surface area contributed by atoms with E-state index in [1.807, 2.05) is 0 Å². The Labute approximate surface area is 214 Å². The molecule has 2 aromatic carbocycles. The summed E-state index contributed by atoms with van der Waals surface area (Å²) in [6.45, 7) is 0.642. The first-order valence-electron chi connectivity index (χ1n) is 11.1. The van der Waals surface area contributed by atoms with Crippen molar-refractivity contribution in [1.82, 2.24) is 9.55 Å². The van der Waals surface area contributed by atoms with Gasteiger partial charge in [-0.15, -0.1) is 0 Å². The molecule has 202 valence electrons. The van der Waals surface area contributed by atoms with E-state index in [0.29, 0.717) is 27.2 Å². The number of aliphatic hydroxyl groups excluding tert-OH is 2. The molecule has 12 nitrogen and oxygen atoms in total. The zero-order valence-corrected chi connectivity index (χ0v) is 20.0. The smallest absolute Gasteiger partial charge is 0.351 e. The predicted molar refractivity (Wildman–Crippen MR) is 134 cm³/mol. The lowest BCUT2D eigenvalue weighted by Crippen LogP contribution is -2.41. The number of ether oxygens (including phenoxy) is 1. The third-order valence-electron chi connectivity index (χ3n) is 5.34. The van der Waals surface area contributed by atoms with Gasteiger partial charge in [0, 0.05) is 24.4 Å². The SMILES string of the molecule is CC(=O)Nc1ccc(C(=O)Nc2ccccc2N)cc1.Nc1ccn([C@@H]2O[C@H](CO)[C@@H](O)C2(F)F)c(=O)n1. The van der Waals surface area contributed by atoms with Gasteiger partial charge in [-0.25, -0.2) is 4.79 Å². The Morgan fingerprint density at radius 3 is 2.32 bits per heavy atom. The third kappa shape index (κ3) is 6.47. The molecule has 2 amide bonds. The lowest BCUT2D eigenvalue weighted by atomic mass is 10.1. The molecule has 0 unspecified atom stereocenters. The van der Waals surface area contributed by atoms with Gasteiger partial charge in [0.1, 0.15) is 11.9 Å². The molecule has 0 aliphatic carbocycles. The summed E-state index contributed by atoms with van der Waals surface area (Å²) in [6.07, 6.45) is -4.69. The van der Waals surface area contributed by atoms with Gasteiger partial charge in [-0.3, -0.25) is 14.2 Å². The summed E-state index contributed by atoms with van der Waals surface area (Å²) < 4.78 is 32.7. The van der Waals surface area contributed by atoms with E-state index in [0.717, 1.165) is 12.3 Å². The van der Waals surface area contributed by atoms with Crippen LogP contribution in [0.2, 0.25) is 0 Å². The molecule has 0 radical (unpaired) electrons. The Morgan fingerprint density at radius 1 is 1.11 bits per heavy atom. The van der Waals surface area contributed by atoms with Crippen LogP contribution in [-0.4, -0.2) is 56.3 Å². The molecule has 3 atom stereocenters. The molecule has 1 aromatic heterocycles. The van der Waals surface area contributed by atoms with Gasteiger partial charge in [-0.1, -0.05) is 12.1 Å². The number of nitrogen functional groups attached to an aromatic ring is 2. The standard InChI is InChI=1S/C15H15N3O2.C9H11F2N3O4/c1-10(19)17-12-8-6-11(7-9-12)15(20)18-14-5-3-2-4-13(14)16;10-9(11)6(16)4(3-15)18-7(9)14-2-1-5(12)13-8(14)17/h2-9H,16H2,1H3,(H,17,19)(H,18,20);1-2,4,6-7,15-16H,3H2,(H2,12,13,17)/t;4-,6-,7-/m.1/s1. The van der Waals surface area contributed by atoms with Crippen LogP contribution >= 0.6 is 0 Å². The highest BCUT2D eigenvalue weighted by molar-refractivity contribution is 6.06. The van der Waals surface area contributed by atoms with E-state index >= 15 is 0 Å². The predicted octanol–water partition coefficient (Wildman–Crippen LogP) is 1.19. The highest BCUT2D eigenvalue weighted by Crippen LogP contribution is 2.41. The molecule has 1 aliphatic rings. The summed E-state index contributed by atoms with van der Waals surface area (Å²) in [5, 5.41) is 23.5. The highest BCUT2D eigenvalue weighted by atomic mass is 19.3. The first-order valence-corrected chi connectivity index (χ1v) is 11.1. The van der Waals surface area contributed by atoms with Gasteiger partial charge in [0.25, 0.3) is 5.91 Å². The molecule has 8 N–H and O–H groups in total. The fourth-order valence-electron chi connectivity index (χ4n) is 3.44. The number of carbonyl (C=O) groups is 2. The van der Waals surface area contributed by atoms with Crippen molar-refractivity contribution >= 4 is 34.7 Å². The maximum absolute atomic E-state index is 13.7. The van der Waals surface area contributed by atoms with Gasteiger partial charge in [-0.05, 0) is 42.5 Å². The van der Waals surface area contributed by atoms with Crippen molar-refractivity contribution in [3.8, 4) is 0 Å². The van der Waals surface area contributed by atoms with E-state index in [9.17, 15) is 28.3 Å². The molecule has 0 saturated carbocycles. The van der Waals surface area contributed by atoms with Gasteiger partial charge in [0.05, 0.1) is 18.0 Å². The fourth-order valence-corrected chi connectivity index (χ4v) is 3.44. The maximum atomic E-state index is 13.7. The van der Waals surface area contributed by atoms with Gasteiger partial charge in [0.2, 0.25) is 12.1 Å². The maximum Gasteiger partial charge on any atom is 0.351 e. The minimum atomic E-state index is -3.71. The van der Waals surface area contributed by atoms with Crippen LogP contribution in [0.25, 0.3) is 0 Å². The lowest BCUT2D eigenvalue weighted by Gasteiger charge is -2.20. The average molecular weight is 533 g/mol. The normalized spacial score (nSPS) is 19.7. The van der Waals surface area contributed by atoms with E-state index in [1.54, 1.807) is 48.5 Å². The van der Waals surface area contributed by atoms with Crippen molar-refractivity contribution in [2.45, 2.75) is 31.3 Å². The number of halogens is 2. The second kappa shape index (κ2) is 11.8. The molecule has 0 bridgehead atoms. The number of carbonyl (C=O) groups excluding carboxylic acids is 2. The van der Waals surface area contributed by atoms with Crippen LogP contribution in [0.1, 0.15) is 23.5 Å². The van der Waals surface area contributed by atoms with Crippen LogP contribution in [0.3, 0.4) is 0 Å². The Kier molecular flexibility index (Phi) is 8.72. The molecule has 1 saturated heterocycles. The Morgan fingerprint density at radius 2 is 1.76 bits per heavy atom. The molecule has 0 spiro atoms. The lowest BCUT2D eigenvalue weighted by molar-refractivity contribution is -0.140. The number of aliphatic hydroxyl groups is 2. The van der Waals surface area contributed by atoms with Gasteiger partial charge in [-0.2, -0.15) is 13.8 Å². The number of aromatic nitrogens is 2. The van der Waals surface area contributed by atoms with Crippen molar-refractivity contribution < 1.29 is 33.3 Å². The number of hydrogen-bond donors (Lipinski definition) is 6. The number of nitrogens with two attached hydrogens (primary N) is 2. The molecule has 3 aromatic rings. The summed E-state index contributed by atoms with van der Waals surface area (Å²) in [4.78, 5) is 37.7. The number of amides is 2. The number of rotatable bonds is 5. The number of alkyl halides is 2. The van der Waals surface area contributed by atoms with Crippen LogP contribution in [0.5, 0.6) is 0 Å². The topological polar surface area (TPSA) is 195 Å². The van der Waals surface area contributed by atoms with Crippen LogP contribution in [0.4, 0.5) is 31.7 Å². The zero-order chi connectivity index (χ0) is 28.0. The number of nitrogens with zero attached hydrogens (tertiary/aromatic N) is 2. The van der Waals surface area contributed by atoms with Crippen LogP contribution in [0, 0.1) is 0 Å². The minimum Gasteiger partial charge on any atom is -0.397 e. The molecule has 4 rings (SSSR count). The van der Waals surface area contributed by atoms with E-state index in [4.69, 9.17) is 21.3 Å². The second-order valence-electron chi connectivity index (χ2n) is 8.17. The molecular formula is C24H26F2N6O6. The Balaban J connectivity index is 0.000000212. The van der Waals surface area contributed by atoms with Gasteiger partial charge < -0.3 is 37.1 Å². The third-order valence-corrected chi connectivity index (χ3v) is 5.34. The number of hydrogen-bond acceptors (Lipinski definition) is 9. The quantitative estimate of drug-likeness (QED) is 0.262. The van der Waals surface area contributed by atoms with Gasteiger partial charge in [0.15, 0.2) is 6.10 Å². The minimum absolute atomic E-state index is 0.114. The molecular weight excluding hydrogens is 506 g/mol. The summed E-state index contributed by atoms with van der Waals surface area (Å²) in [5.74, 6) is -4.23. The average Bonchev–Trinajstić information content (AvgIpc) is 3.09. The summed E-state index contributed by atoms with van der Waals surface area (Å²) in [5.41, 5.74) is 12.2. The molecule has 1 fully saturated rings. The monoisotopic (exact) mass is 532 g/mol. The summed E-state index contributed by atoms with van der Waals surface area (Å²) in [6, 6.07) is 14.8. The summed E-state index contributed by atoms with van der Waals surface area (Å²) >= 11 is 0. The fraction of sp³-hybridized carbons (Fsp3) is 0.250. The van der Waals surface area contributed by atoms with E-state index in [1.165, 1.54) is 6.92 Å². The van der Waals surface area contributed by atoms with Crippen molar-refractivity contribution in [1.29, 1.82) is 0 Å². The van der Waals surface area contributed by atoms with Crippen molar-refractivity contribution in [2.75, 3.05) is 28.7 Å². The largest absolute Gasteiger partial charge is 0.397 e. The Bertz CT molecular complexity index is 1350. The van der Waals surface area contributed by atoms with Crippen LogP contribution in [-0.2, 0) is 9.53 Å². The van der Waals surface area contributed by atoms with E-state index in [2.05, 4.69) is 15.6 Å². The number of nitrogens with one attached hydrogen (secondary N) is 2. The van der Waals surface area contributed by atoms with E-state index in [-0.39, 0.29) is 17.6 Å². The molecule has 38 heavy (non-hydrogen) atoms. The number of benzene rings is 2. The van der Waals surface area contributed by atoms with Crippen LogP contribution < -0.4 is 27.8 Å². The van der Waals surface area contributed by atoms with Crippen LogP contribution in [0.15, 0.2) is 65.6 Å². The first kappa shape index (κ1) is 28.2. The zero-order valence-electron chi connectivity index (χ0n) is 20.0. The van der Waals surface area contributed by atoms with Crippen molar-refractivity contribution in [3.63, 3.8) is 0 Å². The van der Waals surface area contributed by atoms with E-state index < -0.39 is 36.7 Å². The summed E-state index contributed by atoms with van der Waals surface area (Å²) in [7, 11) is 0. The highest BCUT2D eigenvalue weighted by Gasteiger charge is 2.59.